The molecule has 1 aromatic heterocycles. The predicted molar refractivity (Wildman–Crippen MR) is 95.7 cm³/mol. The van der Waals surface area contributed by atoms with Crippen molar-refractivity contribution in [3.63, 3.8) is 0 Å². The summed E-state index contributed by atoms with van der Waals surface area (Å²) in [6.07, 6.45) is 2.59. The Kier molecular flexibility index (Phi) is 4.11. The maximum atomic E-state index is 14.4. The summed E-state index contributed by atoms with van der Waals surface area (Å²) in [5, 5.41) is 2.69. The normalized spacial score (nSPS) is 21.6. The summed E-state index contributed by atoms with van der Waals surface area (Å²) in [6.45, 7) is 1.56. The van der Waals surface area contributed by atoms with Crippen LogP contribution in [0.2, 0.25) is 0 Å². The van der Waals surface area contributed by atoms with Gasteiger partial charge in [0.1, 0.15) is 17.7 Å². The Hall–Kier alpha value is -3.28. The highest BCUT2D eigenvalue weighted by Crippen LogP contribution is 2.44. The minimum atomic E-state index is -1.42. The molecule has 2 aromatic carbocycles. The molecule has 1 fully saturated rings. The molecule has 0 aliphatic carbocycles. The third-order valence-corrected chi connectivity index (χ3v) is 4.78. The van der Waals surface area contributed by atoms with Crippen molar-refractivity contribution in [1.82, 2.24) is 10.3 Å². The first-order chi connectivity index (χ1) is 13.0. The summed E-state index contributed by atoms with van der Waals surface area (Å²) in [4.78, 5) is 16.3. The number of nitrogens with zero attached hydrogens (tertiary/aromatic N) is 1. The highest BCUT2D eigenvalue weighted by molar-refractivity contribution is 5.73. The quantitative estimate of drug-likeness (QED) is 0.730. The number of pyridine rings is 1. The van der Waals surface area contributed by atoms with Crippen LogP contribution in [-0.4, -0.2) is 11.1 Å². The van der Waals surface area contributed by atoms with Crippen molar-refractivity contribution >= 4 is 6.09 Å². The second kappa shape index (κ2) is 6.46. The van der Waals surface area contributed by atoms with E-state index in [0.717, 1.165) is 29.3 Å². The van der Waals surface area contributed by atoms with E-state index in [-0.39, 0.29) is 5.56 Å². The molecule has 1 aliphatic rings. The number of aromatic nitrogens is 1. The number of ether oxygens (including phenoxy) is 1. The van der Waals surface area contributed by atoms with E-state index in [4.69, 9.17) is 4.74 Å². The second-order valence-corrected chi connectivity index (χ2v) is 6.57. The van der Waals surface area contributed by atoms with Crippen LogP contribution in [0.25, 0.3) is 11.1 Å². The molecule has 1 saturated heterocycles. The molecule has 0 saturated carbocycles. The molecule has 6 heteroatoms. The smallest absolute Gasteiger partial charge is 0.408 e. The van der Waals surface area contributed by atoms with Crippen LogP contribution in [0.5, 0.6) is 0 Å². The third kappa shape index (κ3) is 3.03. The van der Waals surface area contributed by atoms with Gasteiger partial charge in [0.15, 0.2) is 5.60 Å². The largest absolute Gasteiger partial charge is 0.436 e. The van der Waals surface area contributed by atoms with Crippen LogP contribution < -0.4 is 5.32 Å². The van der Waals surface area contributed by atoms with Crippen molar-refractivity contribution in [2.24, 2.45) is 0 Å². The van der Waals surface area contributed by atoms with Gasteiger partial charge in [-0.15, -0.1) is 0 Å². The molecule has 0 radical (unpaired) electrons. The van der Waals surface area contributed by atoms with Gasteiger partial charge >= 0.3 is 6.09 Å². The average Bonchev–Trinajstić information content (AvgIpc) is 3.00. The van der Waals surface area contributed by atoms with E-state index in [2.05, 4.69) is 10.3 Å². The van der Waals surface area contributed by atoms with Crippen molar-refractivity contribution in [3.05, 3.63) is 89.8 Å². The van der Waals surface area contributed by atoms with Crippen LogP contribution in [0.4, 0.5) is 13.6 Å². The summed E-state index contributed by atoms with van der Waals surface area (Å²) in [5.74, 6) is -1.25. The van der Waals surface area contributed by atoms with Gasteiger partial charge in [0, 0.05) is 23.5 Å². The molecule has 1 N–H and O–H groups in total. The molecule has 136 valence electrons. The van der Waals surface area contributed by atoms with E-state index in [1.165, 1.54) is 0 Å². The number of benzene rings is 2. The topological polar surface area (TPSA) is 51.2 Å². The van der Waals surface area contributed by atoms with E-state index >= 15 is 0 Å². The molecule has 2 atom stereocenters. The molecule has 0 unspecified atom stereocenters. The monoisotopic (exact) mass is 366 g/mol. The number of rotatable bonds is 3. The first-order valence-electron chi connectivity index (χ1n) is 8.43. The van der Waals surface area contributed by atoms with Gasteiger partial charge in [-0.25, -0.2) is 13.6 Å². The minimum absolute atomic E-state index is 0.0315. The molecule has 1 amide bonds. The Morgan fingerprint density at radius 2 is 1.81 bits per heavy atom. The van der Waals surface area contributed by atoms with Crippen molar-refractivity contribution in [2.45, 2.75) is 18.6 Å². The molecule has 1 aliphatic heterocycles. The highest BCUT2D eigenvalue weighted by Gasteiger charge is 2.49. The summed E-state index contributed by atoms with van der Waals surface area (Å²) >= 11 is 0. The summed E-state index contributed by atoms with van der Waals surface area (Å²) in [5.41, 5.74) is 0.983. The lowest BCUT2D eigenvalue weighted by Gasteiger charge is -2.29. The Labute approximate surface area is 154 Å². The molecule has 0 spiro atoms. The first kappa shape index (κ1) is 17.1. The number of halogens is 2. The molecule has 4 nitrogen and oxygen atoms in total. The first-order valence-corrected chi connectivity index (χ1v) is 8.43. The number of cyclic esters (lactones) is 1. The lowest BCUT2D eigenvalue weighted by Crippen LogP contribution is -2.32. The molecular formula is C21H16F2N2O2. The van der Waals surface area contributed by atoms with E-state index < -0.39 is 29.4 Å². The van der Waals surface area contributed by atoms with Crippen LogP contribution in [0.1, 0.15) is 24.1 Å². The van der Waals surface area contributed by atoms with Crippen LogP contribution >= 0.6 is 0 Å². The third-order valence-electron chi connectivity index (χ3n) is 4.78. The van der Waals surface area contributed by atoms with Crippen molar-refractivity contribution in [3.8, 4) is 11.1 Å². The maximum Gasteiger partial charge on any atom is 0.408 e. The Morgan fingerprint density at radius 1 is 1.04 bits per heavy atom. The fourth-order valence-corrected chi connectivity index (χ4v) is 3.43. The molecule has 27 heavy (non-hydrogen) atoms. The number of hydrogen-bond donors (Lipinski definition) is 1. The number of alkyl carbamates (subject to hydrolysis) is 1. The van der Waals surface area contributed by atoms with E-state index in [9.17, 15) is 13.6 Å². The van der Waals surface area contributed by atoms with E-state index in [1.807, 2.05) is 36.4 Å². The van der Waals surface area contributed by atoms with Crippen molar-refractivity contribution < 1.29 is 18.3 Å². The number of carbonyl (C=O) groups is 1. The average molecular weight is 366 g/mol. The van der Waals surface area contributed by atoms with Gasteiger partial charge in [-0.2, -0.15) is 0 Å². The van der Waals surface area contributed by atoms with Gasteiger partial charge in [-0.05, 0) is 42.3 Å². The van der Waals surface area contributed by atoms with Gasteiger partial charge in [0.2, 0.25) is 0 Å². The number of amides is 1. The van der Waals surface area contributed by atoms with E-state index in [1.54, 1.807) is 19.3 Å². The zero-order valence-corrected chi connectivity index (χ0v) is 14.4. The molecule has 4 rings (SSSR count). The fourth-order valence-electron chi connectivity index (χ4n) is 3.43. The summed E-state index contributed by atoms with van der Waals surface area (Å²) in [6, 6.07) is 13.9. The van der Waals surface area contributed by atoms with Crippen LogP contribution in [0.15, 0.2) is 67.0 Å². The van der Waals surface area contributed by atoms with E-state index in [0.29, 0.717) is 5.56 Å². The molecular weight excluding hydrogens is 350 g/mol. The lowest BCUT2D eigenvalue weighted by molar-refractivity contribution is 0.0460. The SMILES string of the molecule is C[C@@]1(c2cc(F)ccc2F)OC(=O)N[C@@H]1c1cncc(-c2ccccc2)c1. The Morgan fingerprint density at radius 3 is 2.59 bits per heavy atom. The molecule has 0 bridgehead atoms. The van der Waals surface area contributed by atoms with Crippen molar-refractivity contribution in [2.75, 3.05) is 0 Å². The second-order valence-electron chi connectivity index (χ2n) is 6.57. The number of nitrogens with one attached hydrogen (secondary N) is 1. The van der Waals surface area contributed by atoms with Gasteiger partial charge in [-0.3, -0.25) is 4.98 Å². The number of hydrogen-bond acceptors (Lipinski definition) is 3. The van der Waals surface area contributed by atoms with Gasteiger partial charge in [0.05, 0.1) is 0 Å². The lowest BCUT2D eigenvalue weighted by atomic mass is 9.84. The minimum Gasteiger partial charge on any atom is -0.436 e. The number of carbonyl (C=O) groups excluding carboxylic acids is 1. The highest BCUT2D eigenvalue weighted by atomic mass is 19.1. The van der Waals surface area contributed by atoms with Gasteiger partial charge in [-0.1, -0.05) is 30.3 Å². The summed E-state index contributed by atoms with van der Waals surface area (Å²) in [7, 11) is 0. The summed E-state index contributed by atoms with van der Waals surface area (Å²) < 4.78 is 33.6. The van der Waals surface area contributed by atoms with Gasteiger partial charge < -0.3 is 10.1 Å². The standard InChI is InChI=1S/C21H16F2N2O2/c1-21(17-10-16(22)7-8-18(17)23)19(25-20(26)27-21)15-9-14(11-24-12-15)13-5-3-2-4-6-13/h2-12,19H,1H3,(H,25,26)/t19-,21+/m1/s1. The zero-order chi connectivity index (χ0) is 19.0. The predicted octanol–water partition coefficient (Wildman–Crippen LogP) is 4.72. The molecule has 2 heterocycles. The van der Waals surface area contributed by atoms with Crippen LogP contribution in [0, 0.1) is 11.6 Å². The van der Waals surface area contributed by atoms with Crippen LogP contribution in [-0.2, 0) is 10.3 Å². The van der Waals surface area contributed by atoms with Crippen molar-refractivity contribution in [1.29, 1.82) is 0 Å². The Balaban J connectivity index is 1.80. The van der Waals surface area contributed by atoms with Gasteiger partial charge in [0.25, 0.3) is 0 Å². The maximum absolute atomic E-state index is 14.4. The zero-order valence-electron chi connectivity index (χ0n) is 14.4. The Bertz CT molecular complexity index is 1010. The molecule has 3 aromatic rings. The fraction of sp³-hybridized carbons (Fsp3) is 0.143. The van der Waals surface area contributed by atoms with Crippen LogP contribution in [0.3, 0.4) is 0 Å².